The van der Waals surface area contributed by atoms with Gasteiger partial charge in [0.25, 0.3) is 0 Å². The molecule has 0 aliphatic rings. The molecule has 0 aliphatic heterocycles. The Morgan fingerprint density at radius 3 is 2.82 bits per heavy atom. The molecule has 2 nitrogen and oxygen atoms in total. The van der Waals surface area contributed by atoms with Crippen LogP contribution in [0.15, 0.2) is 20.7 Å². The summed E-state index contributed by atoms with van der Waals surface area (Å²) in [6, 6.07) is 3.82. The Balaban J connectivity index is 2.82. The monoisotopic (exact) mass is 292 g/mol. The van der Waals surface area contributed by atoms with Crippen LogP contribution in [0.25, 0.3) is 10.3 Å². The highest BCUT2D eigenvalue weighted by molar-refractivity contribution is 9.11. The molecule has 0 spiro atoms. The smallest absolute Gasteiger partial charge is 0.161 e. The van der Waals surface area contributed by atoms with Crippen molar-refractivity contribution in [3.63, 3.8) is 0 Å². The van der Waals surface area contributed by atoms with E-state index in [1.807, 2.05) is 12.1 Å². The van der Waals surface area contributed by atoms with Gasteiger partial charge in [-0.1, -0.05) is 11.3 Å². The molecule has 56 valence electrons. The fraction of sp³-hybridized carbons (Fsp3) is 0. The van der Waals surface area contributed by atoms with Crippen LogP contribution in [0.1, 0.15) is 0 Å². The summed E-state index contributed by atoms with van der Waals surface area (Å²) in [5.41, 5.74) is 0.935. The Labute approximate surface area is 83.9 Å². The van der Waals surface area contributed by atoms with Gasteiger partial charge in [0.05, 0.1) is 0 Å². The van der Waals surface area contributed by atoms with Crippen molar-refractivity contribution in [2.45, 2.75) is 0 Å². The van der Waals surface area contributed by atoms with Gasteiger partial charge in [-0.15, -0.1) is 0 Å². The van der Waals surface area contributed by atoms with Gasteiger partial charge in [-0.3, -0.25) is 0 Å². The van der Waals surface area contributed by atoms with E-state index in [4.69, 9.17) is 0 Å². The van der Waals surface area contributed by atoms with Crippen molar-refractivity contribution in [3.8, 4) is 0 Å². The Morgan fingerprint density at radius 1 is 1.18 bits per heavy atom. The summed E-state index contributed by atoms with van der Waals surface area (Å²) in [7, 11) is 0. The number of rotatable bonds is 0. The van der Waals surface area contributed by atoms with Gasteiger partial charge in [0, 0.05) is 0 Å². The molecule has 0 atom stereocenters. The number of nitrogens with zero attached hydrogens (tertiary/aromatic N) is 2. The summed E-state index contributed by atoms with van der Waals surface area (Å²) in [6.45, 7) is 0. The van der Waals surface area contributed by atoms with E-state index in [9.17, 15) is 0 Å². The van der Waals surface area contributed by atoms with E-state index in [-0.39, 0.29) is 0 Å². The molecule has 2 aromatic heterocycles. The second-order valence-electron chi connectivity index (χ2n) is 1.93. The first kappa shape index (κ1) is 7.64. The standard InChI is InChI=1S/C6H2Br2N2S/c7-4-2-1-3-5(10-4)11-6(8)9-3/h1-2H. The third kappa shape index (κ3) is 1.45. The van der Waals surface area contributed by atoms with Gasteiger partial charge in [0.15, 0.2) is 3.92 Å². The Bertz CT molecular complexity index is 398. The molecule has 0 unspecified atom stereocenters. The molecule has 0 bridgehead atoms. The Kier molecular flexibility index (Phi) is 1.95. The lowest BCUT2D eigenvalue weighted by molar-refractivity contribution is 1.35. The minimum atomic E-state index is 0.848. The van der Waals surface area contributed by atoms with Crippen LogP contribution in [0.4, 0.5) is 0 Å². The summed E-state index contributed by atoms with van der Waals surface area (Å²) in [5.74, 6) is 0. The molecule has 0 amide bonds. The minimum Gasteiger partial charge on any atom is -0.228 e. The van der Waals surface area contributed by atoms with Gasteiger partial charge in [-0.2, -0.15) is 0 Å². The van der Waals surface area contributed by atoms with Crippen LogP contribution in [0, 0.1) is 0 Å². The van der Waals surface area contributed by atoms with Gasteiger partial charge in [-0.05, 0) is 44.0 Å². The van der Waals surface area contributed by atoms with Crippen molar-refractivity contribution < 1.29 is 0 Å². The van der Waals surface area contributed by atoms with E-state index in [1.165, 1.54) is 11.3 Å². The lowest BCUT2D eigenvalue weighted by Gasteiger charge is -1.86. The van der Waals surface area contributed by atoms with Crippen LogP contribution in [-0.2, 0) is 0 Å². The van der Waals surface area contributed by atoms with Gasteiger partial charge >= 0.3 is 0 Å². The molecule has 5 heteroatoms. The van der Waals surface area contributed by atoms with Gasteiger partial charge in [0.1, 0.15) is 15.0 Å². The molecule has 0 aromatic carbocycles. The second kappa shape index (κ2) is 2.80. The molecule has 11 heavy (non-hydrogen) atoms. The first-order valence-corrected chi connectivity index (χ1v) is 5.24. The summed E-state index contributed by atoms with van der Waals surface area (Å²) in [4.78, 5) is 9.40. The Morgan fingerprint density at radius 2 is 2.00 bits per heavy atom. The number of fused-ring (bicyclic) bond motifs is 1. The largest absolute Gasteiger partial charge is 0.228 e. The third-order valence-corrected chi connectivity index (χ3v) is 3.05. The lowest BCUT2D eigenvalue weighted by Crippen LogP contribution is -1.73. The van der Waals surface area contributed by atoms with Crippen LogP contribution < -0.4 is 0 Å². The molecule has 2 aromatic rings. The zero-order valence-electron chi connectivity index (χ0n) is 5.21. The third-order valence-electron chi connectivity index (χ3n) is 1.20. The highest BCUT2D eigenvalue weighted by Crippen LogP contribution is 2.25. The van der Waals surface area contributed by atoms with Gasteiger partial charge < -0.3 is 0 Å². The highest BCUT2D eigenvalue weighted by atomic mass is 79.9. The van der Waals surface area contributed by atoms with Crippen molar-refractivity contribution in [1.82, 2.24) is 9.97 Å². The van der Waals surface area contributed by atoms with Crippen molar-refractivity contribution in [2.24, 2.45) is 0 Å². The quantitative estimate of drug-likeness (QED) is 0.697. The van der Waals surface area contributed by atoms with Crippen LogP contribution in [0.2, 0.25) is 0 Å². The maximum atomic E-state index is 4.24. The van der Waals surface area contributed by atoms with Crippen LogP contribution in [0.5, 0.6) is 0 Å². The Hall–Kier alpha value is -0.0000000000000000555. The second-order valence-corrected chi connectivity index (χ2v) is 4.99. The summed E-state index contributed by atoms with van der Waals surface area (Å²) >= 11 is 8.13. The van der Waals surface area contributed by atoms with Crippen molar-refractivity contribution in [3.05, 3.63) is 20.7 Å². The SMILES string of the molecule is Brc1ccc2nc(Br)sc2n1. The molecule has 0 radical (unpaired) electrons. The first-order valence-electron chi connectivity index (χ1n) is 2.84. The number of thiazole rings is 1. The number of aromatic nitrogens is 2. The highest BCUT2D eigenvalue weighted by Gasteiger charge is 2.01. The maximum Gasteiger partial charge on any atom is 0.161 e. The predicted octanol–water partition coefficient (Wildman–Crippen LogP) is 3.22. The normalized spacial score (nSPS) is 10.7. The fourth-order valence-electron chi connectivity index (χ4n) is 0.768. The average molecular weight is 294 g/mol. The minimum absolute atomic E-state index is 0.848. The zero-order valence-corrected chi connectivity index (χ0v) is 9.20. The van der Waals surface area contributed by atoms with E-state index in [0.717, 1.165) is 18.9 Å². The van der Waals surface area contributed by atoms with E-state index < -0.39 is 0 Å². The van der Waals surface area contributed by atoms with E-state index in [1.54, 1.807) is 0 Å². The number of halogens is 2. The summed E-state index contributed by atoms with van der Waals surface area (Å²) < 4.78 is 1.72. The topological polar surface area (TPSA) is 25.8 Å². The van der Waals surface area contributed by atoms with E-state index in [0.29, 0.717) is 0 Å². The zero-order chi connectivity index (χ0) is 7.84. The molecular weight excluding hydrogens is 292 g/mol. The van der Waals surface area contributed by atoms with Gasteiger partial charge in [0.2, 0.25) is 0 Å². The molecule has 0 aliphatic carbocycles. The lowest BCUT2D eigenvalue weighted by atomic mass is 10.5. The molecule has 0 fully saturated rings. The predicted molar refractivity (Wildman–Crippen MR) is 52.8 cm³/mol. The molecule has 2 heterocycles. The average Bonchev–Trinajstić information content (AvgIpc) is 2.27. The fourth-order valence-corrected chi connectivity index (χ4v) is 2.51. The number of pyridine rings is 1. The van der Waals surface area contributed by atoms with Crippen LogP contribution in [-0.4, -0.2) is 9.97 Å². The molecular formula is C6H2Br2N2S. The van der Waals surface area contributed by atoms with Crippen molar-refractivity contribution >= 4 is 53.5 Å². The number of hydrogen-bond donors (Lipinski definition) is 0. The maximum absolute atomic E-state index is 4.24. The van der Waals surface area contributed by atoms with E-state index >= 15 is 0 Å². The van der Waals surface area contributed by atoms with Crippen LogP contribution in [0.3, 0.4) is 0 Å². The molecule has 0 N–H and O–H groups in total. The summed E-state index contributed by atoms with van der Waals surface area (Å²) in [6.07, 6.45) is 0. The number of hydrogen-bond acceptors (Lipinski definition) is 3. The summed E-state index contributed by atoms with van der Waals surface area (Å²) in [5, 5.41) is 0. The first-order chi connectivity index (χ1) is 5.25. The molecule has 0 saturated carbocycles. The van der Waals surface area contributed by atoms with E-state index in [2.05, 4.69) is 41.8 Å². The van der Waals surface area contributed by atoms with Crippen LogP contribution >= 0.6 is 43.2 Å². The van der Waals surface area contributed by atoms with Crippen molar-refractivity contribution in [1.29, 1.82) is 0 Å². The van der Waals surface area contributed by atoms with Crippen molar-refractivity contribution in [2.75, 3.05) is 0 Å². The molecule has 0 saturated heterocycles. The molecule has 2 rings (SSSR count). The van der Waals surface area contributed by atoms with Gasteiger partial charge in [-0.25, -0.2) is 9.97 Å².